The van der Waals surface area contributed by atoms with E-state index in [4.69, 9.17) is 9.47 Å². The van der Waals surface area contributed by atoms with E-state index in [-0.39, 0.29) is 35.9 Å². The molecule has 3 heterocycles. The van der Waals surface area contributed by atoms with Crippen LogP contribution in [0.5, 0.6) is 0 Å². The fourth-order valence-corrected chi connectivity index (χ4v) is 6.43. The van der Waals surface area contributed by atoms with Gasteiger partial charge < -0.3 is 19.7 Å². The van der Waals surface area contributed by atoms with Crippen LogP contribution in [0.25, 0.3) is 0 Å². The van der Waals surface area contributed by atoms with Crippen molar-refractivity contribution in [1.29, 1.82) is 0 Å². The molecule has 3 saturated heterocycles. The Morgan fingerprint density at radius 1 is 1.31 bits per heavy atom. The number of carbonyl (C=O) groups is 3. The molecule has 6 aliphatic rings. The molecule has 1 spiro atoms. The van der Waals surface area contributed by atoms with E-state index in [1.807, 2.05) is 6.92 Å². The summed E-state index contributed by atoms with van der Waals surface area (Å²) in [6.07, 6.45) is 1.14. The zero-order valence-corrected chi connectivity index (χ0v) is 14.5. The summed E-state index contributed by atoms with van der Waals surface area (Å²) in [7, 11) is 0. The molecule has 3 aliphatic heterocycles. The summed E-state index contributed by atoms with van der Waals surface area (Å²) in [5.74, 6) is -3.38. The van der Waals surface area contributed by atoms with Crippen LogP contribution in [0.2, 0.25) is 0 Å². The molecule has 8 atom stereocenters. The minimum atomic E-state index is -1.06. The lowest BCUT2D eigenvalue weighted by Crippen LogP contribution is -2.66. The summed E-state index contributed by atoms with van der Waals surface area (Å²) in [6.45, 7) is 3.62. The van der Waals surface area contributed by atoms with E-state index in [0.29, 0.717) is 24.0 Å². The Kier molecular flexibility index (Phi) is 2.94. The van der Waals surface area contributed by atoms with E-state index in [2.05, 4.69) is 0 Å². The molecule has 0 radical (unpaired) electrons. The minimum absolute atomic E-state index is 0.0249. The first-order chi connectivity index (χ1) is 12.3. The lowest BCUT2D eigenvalue weighted by atomic mass is 9.48. The normalized spacial score (nSPS) is 47.3. The summed E-state index contributed by atoms with van der Waals surface area (Å²) >= 11 is 0. The van der Waals surface area contributed by atoms with Gasteiger partial charge in [-0.1, -0.05) is 6.92 Å². The average Bonchev–Trinajstić information content (AvgIpc) is 3.06. The Bertz CT molecular complexity index is 824. The highest BCUT2D eigenvalue weighted by Crippen LogP contribution is 2.71. The van der Waals surface area contributed by atoms with Crippen LogP contribution >= 0.6 is 0 Å². The van der Waals surface area contributed by atoms with Crippen molar-refractivity contribution < 1.29 is 34.1 Å². The highest BCUT2D eigenvalue weighted by atomic mass is 16.6. The molecule has 3 aliphatic carbocycles. The summed E-state index contributed by atoms with van der Waals surface area (Å²) in [4.78, 5) is 36.0. The molecule has 0 aromatic rings. The Hall–Kier alpha value is -2.15. The lowest BCUT2D eigenvalue weighted by Gasteiger charge is -2.58. The maximum absolute atomic E-state index is 12.9. The van der Waals surface area contributed by atoms with Crippen LogP contribution in [0, 0.1) is 29.1 Å². The molecule has 5 fully saturated rings. The molecule has 26 heavy (non-hydrogen) atoms. The monoisotopic (exact) mass is 360 g/mol. The first kappa shape index (κ1) is 16.1. The number of aliphatic carboxylic acids is 2. The van der Waals surface area contributed by atoms with Crippen LogP contribution < -0.4 is 0 Å². The van der Waals surface area contributed by atoms with Crippen molar-refractivity contribution in [2.75, 3.05) is 0 Å². The molecule has 2 saturated carbocycles. The van der Waals surface area contributed by atoms with Gasteiger partial charge >= 0.3 is 17.9 Å². The molecule has 138 valence electrons. The van der Waals surface area contributed by atoms with Gasteiger partial charge in [0.2, 0.25) is 0 Å². The second-order valence-corrected chi connectivity index (χ2v) is 8.21. The Labute approximate surface area is 149 Å². The second-order valence-electron chi connectivity index (χ2n) is 8.21. The van der Waals surface area contributed by atoms with Gasteiger partial charge in [-0.2, -0.15) is 0 Å². The molecule has 0 aromatic heterocycles. The quantitative estimate of drug-likeness (QED) is 0.578. The third-order valence-electron chi connectivity index (χ3n) is 7.44. The number of carboxylic acids is 2. The standard InChI is InChI=1S/C19H20O7/c1-6(17(22)23)10-11-8(5-9(20)21)3-4-19-7(2)14-16(26-18(19)24)12(13(11)19)15(10)25-14/h5-7,12-16H,3-4H2,1-2H3,(H,20,21)(H,22,23)/b8-5-/t6?,7?,12-,13-,14+,15+,16-,19-/m1/s1. The SMILES string of the molecule is CC(C(=O)O)C1=C2/C(=C\C(=O)O)CC[C@]34C(=O)O[C@@H]5[C@H]([C@@H]23)[C@H]1O[C@H]5C4C. The molecular weight excluding hydrogens is 340 g/mol. The minimum Gasteiger partial charge on any atom is -0.481 e. The Morgan fingerprint density at radius 2 is 2.04 bits per heavy atom. The molecular formula is C19H20O7. The van der Waals surface area contributed by atoms with E-state index < -0.39 is 29.4 Å². The van der Waals surface area contributed by atoms with Crippen molar-refractivity contribution in [3.8, 4) is 0 Å². The number of allylic oxidation sites excluding steroid dienone is 2. The fourth-order valence-electron chi connectivity index (χ4n) is 6.43. The first-order valence-corrected chi connectivity index (χ1v) is 9.06. The number of ether oxygens (including phenoxy) is 2. The van der Waals surface area contributed by atoms with Gasteiger partial charge in [0.15, 0.2) is 0 Å². The molecule has 2 unspecified atom stereocenters. The van der Waals surface area contributed by atoms with E-state index in [1.54, 1.807) is 6.92 Å². The van der Waals surface area contributed by atoms with Crippen LogP contribution in [0.3, 0.4) is 0 Å². The second kappa shape index (κ2) is 4.76. The third-order valence-corrected chi connectivity index (χ3v) is 7.44. The van der Waals surface area contributed by atoms with Gasteiger partial charge in [0, 0.05) is 23.8 Å². The molecule has 0 amide bonds. The Morgan fingerprint density at radius 3 is 2.69 bits per heavy atom. The van der Waals surface area contributed by atoms with Crippen molar-refractivity contribution in [2.24, 2.45) is 29.1 Å². The van der Waals surface area contributed by atoms with Gasteiger partial charge in [-0.25, -0.2) is 4.79 Å². The molecule has 7 nitrogen and oxygen atoms in total. The number of hydrogen-bond donors (Lipinski definition) is 2. The topological polar surface area (TPSA) is 110 Å². The van der Waals surface area contributed by atoms with Crippen LogP contribution in [0.4, 0.5) is 0 Å². The van der Waals surface area contributed by atoms with Gasteiger partial charge in [-0.15, -0.1) is 0 Å². The summed E-state index contributed by atoms with van der Waals surface area (Å²) in [5.41, 5.74) is 1.29. The number of carboxylic acid groups (broad SMARTS) is 2. The van der Waals surface area contributed by atoms with Crippen molar-refractivity contribution >= 4 is 17.9 Å². The van der Waals surface area contributed by atoms with E-state index in [9.17, 15) is 24.6 Å². The van der Waals surface area contributed by atoms with Gasteiger partial charge in [-0.3, -0.25) is 9.59 Å². The molecule has 2 N–H and O–H groups in total. The first-order valence-electron chi connectivity index (χ1n) is 9.06. The van der Waals surface area contributed by atoms with Crippen molar-refractivity contribution in [3.05, 3.63) is 22.8 Å². The molecule has 6 rings (SSSR count). The van der Waals surface area contributed by atoms with E-state index in [0.717, 1.165) is 5.57 Å². The lowest BCUT2D eigenvalue weighted by molar-refractivity contribution is -0.220. The maximum Gasteiger partial charge on any atom is 0.328 e. The predicted molar refractivity (Wildman–Crippen MR) is 85.9 cm³/mol. The van der Waals surface area contributed by atoms with Gasteiger partial charge in [-0.05, 0) is 36.5 Å². The van der Waals surface area contributed by atoms with Crippen molar-refractivity contribution in [3.63, 3.8) is 0 Å². The number of esters is 1. The zero-order valence-electron chi connectivity index (χ0n) is 14.5. The number of fused-ring (bicyclic) bond motifs is 1. The maximum atomic E-state index is 12.9. The van der Waals surface area contributed by atoms with Gasteiger partial charge in [0.05, 0.1) is 23.5 Å². The summed E-state index contributed by atoms with van der Waals surface area (Å²) in [5, 5.41) is 18.9. The Balaban J connectivity index is 1.79. The van der Waals surface area contributed by atoms with Crippen molar-refractivity contribution in [2.45, 2.75) is 45.0 Å². The summed E-state index contributed by atoms with van der Waals surface area (Å²) in [6, 6.07) is 0. The van der Waals surface area contributed by atoms with Crippen LogP contribution in [-0.4, -0.2) is 46.4 Å². The van der Waals surface area contributed by atoms with E-state index in [1.165, 1.54) is 6.08 Å². The smallest absolute Gasteiger partial charge is 0.328 e. The zero-order chi connectivity index (χ0) is 18.5. The van der Waals surface area contributed by atoms with Crippen LogP contribution in [0.1, 0.15) is 26.7 Å². The summed E-state index contributed by atoms with van der Waals surface area (Å²) < 4.78 is 12.0. The highest BCUT2D eigenvalue weighted by Gasteiger charge is 2.77. The average molecular weight is 360 g/mol. The number of rotatable bonds is 3. The van der Waals surface area contributed by atoms with Crippen LogP contribution in [0.15, 0.2) is 22.8 Å². The fraction of sp³-hybridized carbons (Fsp3) is 0.632. The number of carbonyl (C=O) groups excluding carboxylic acids is 1. The van der Waals surface area contributed by atoms with Crippen LogP contribution in [-0.2, 0) is 23.9 Å². The van der Waals surface area contributed by atoms with Gasteiger partial charge in [0.25, 0.3) is 0 Å². The molecule has 7 heteroatoms. The largest absolute Gasteiger partial charge is 0.481 e. The highest BCUT2D eigenvalue weighted by molar-refractivity contribution is 5.87. The number of hydrogen-bond acceptors (Lipinski definition) is 5. The van der Waals surface area contributed by atoms with Crippen molar-refractivity contribution in [1.82, 2.24) is 0 Å². The third kappa shape index (κ3) is 1.57. The molecule has 0 aromatic carbocycles. The van der Waals surface area contributed by atoms with E-state index >= 15 is 0 Å². The predicted octanol–water partition coefficient (Wildman–Crippen LogP) is 1.38. The molecule has 4 bridgehead atoms. The van der Waals surface area contributed by atoms with Gasteiger partial charge in [0.1, 0.15) is 6.10 Å².